The van der Waals surface area contributed by atoms with Crippen LogP contribution in [-0.4, -0.2) is 25.8 Å². The highest BCUT2D eigenvalue weighted by atomic mass is 79.9. The molecule has 0 radical (unpaired) electrons. The molecule has 1 aromatic rings. The van der Waals surface area contributed by atoms with Crippen molar-refractivity contribution < 1.29 is 8.42 Å². The molecule has 0 aliphatic heterocycles. The monoisotopic (exact) mass is 372 g/mol. The van der Waals surface area contributed by atoms with Gasteiger partial charge in [-0.25, -0.2) is 8.42 Å². The minimum Gasteiger partial charge on any atom is -0.207 e. The van der Waals surface area contributed by atoms with Gasteiger partial charge in [-0.05, 0) is 36.1 Å². The van der Waals surface area contributed by atoms with Crippen LogP contribution < -0.4 is 0 Å². The van der Waals surface area contributed by atoms with E-state index in [9.17, 15) is 8.42 Å². The standard InChI is InChI=1S/C15H21BrN2O2S/c1-12-10-13(6-7-14(12)16)21(19,20)18(9-5-8-17)11-15(2,3)4/h6-7,10H,5,9,11H2,1-4H3. The average Bonchev–Trinajstić information content (AvgIpc) is 2.36. The topological polar surface area (TPSA) is 61.2 Å². The maximum absolute atomic E-state index is 12.8. The molecular formula is C15H21BrN2O2S. The first-order chi connectivity index (χ1) is 9.58. The zero-order valence-electron chi connectivity index (χ0n) is 12.9. The number of nitrogens with zero attached hydrogens (tertiary/aromatic N) is 2. The lowest BCUT2D eigenvalue weighted by molar-refractivity contribution is 0.285. The largest absolute Gasteiger partial charge is 0.243 e. The average molecular weight is 373 g/mol. The molecule has 6 heteroatoms. The molecule has 0 amide bonds. The Morgan fingerprint density at radius 2 is 1.95 bits per heavy atom. The van der Waals surface area contributed by atoms with E-state index in [1.165, 1.54) is 4.31 Å². The van der Waals surface area contributed by atoms with Crippen LogP contribution >= 0.6 is 15.9 Å². The third-order valence-electron chi connectivity index (χ3n) is 2.89. The first-order valence-corrected chi connectivity index (χ1v) is 8.94. The zero-order chi connectivity index (χ0) is 16.3. The molecule has 0 fully saturated rings. The highest BCUT2D eigenvalue weighted by Gasteiger charge is 2.28. The molecule has 0 saturated heterocycles. The summed E-state index contributed by atoms with van der Waals surface area (Å²) in [4.78, 5) is 0.269. The summed E-state index contributed by atoms with van der Waals surface area (Å²) in [5, 5.41) is 8.75. The van der Waals surface area contributed by atoms with Crippen LogP contribution in [-0.2, 0) is 10.0 Å². The van der Waals surface area contributed by atoms with Crippen LogP contribution in [0.1, 0.15) is 32.8 Å². The van der Waals surface area contributed by atoms with Crippen molar-refractivity contribution in [3.63, 3.8) is 0 Å². The Morgan fingerprint density at radius 1 is 1.33 bits per heavy atom. The summed E-state index contributed by atoms with van der Waals surface area (Å²) in [6.45, 7) is 8.39. The molecule has 1 aromatic carbocycles. The second kappa shape index (κ2) is 6.91. The number of benzene rings is 1. The zero-order valence-corrected chi connectivity index (χ0v) is 15.3. The fourth-order valence-electron chi connectivity index (χ4n) is 1.91. The SMILES string of the molecule is Cc1cc(S(=O)(=O)N(CCC#N)CC(C)(C)C)ccc1Br. The Kier molecular flexibility index (Phi) is 5.97. The van der Waals surface area contributed by atoms with Gasteiger partial charge in [0.2, 0.25) is 10.0 Å². The van der Waals surface area contributed by atoms with E-state index in [2.05, 4.69) is 15.9 Å². The van der Waals surface area contributed by atoms with E-state index in [-0.39, 0.29) is 23.3 Å². The van der Waals surface area contributed by atoms with Gasteiger partial charge in [0, 0.05) is 24.0 Å². The van der Waals surface area contributed by atoms with Crippen molar-refractivity contribution in [3.05, 3.63) is 28.2 Å². The number of sulfonamides is 1. The molecule has 4 nitrogen and oxygen atoms in total. The summed E-state index contributed by atoms with van der Waals surface area (Å²) in [5.41, 5.74) is 0.694. The fraction of sp³-hybridized carbons (Fsp3) is 0.533. The van der Waals surface area contributed by atoms with E-state index < -0.39 is 10.0 Å². The summed E-state index contributed by atoms with van der Waals surface area (Å²) in [6, 6.07) is 7.00. The number of halogens is 1. The van der Waals surface area contributed by atoms with Crippen molar-refractivity contribution in [2.24, 2.45) is 5.41 Å². The minimum atomic E-state index is -3.58. The number of hydrogen-bond acceptors (Lipinski definition) is 3. The number of aryl methyl sites for hydroxylation is 1. The maximum Gasteiger partial charge on any atom is 0.243 e. The highest BCUT2D eigenvalue weighted by Crippen LogP contribution is 2.25. The van der Waals surface area contributed by atoms with Gasteiger partial charge in [0.25, 0.3) is 0 Å². The normalized spacial score (nSPS) is 12.4. The Bertz CT molecular complexity index is 643. The van der Waals surface area contributed by atoms with Gasteiger partial charge in [0.05, 0.1) is 11.0 Å². The molecule has 21 heavy (non-hydrogen) atoms. The molecule has 1 rings (SSSR count). The predicted octanol–water partition coefficient (Wildman–Crippen LogP) is 3.71. The summed E-state index contributed by atoms with van der Waals surface area (Å²) in [6.07, 6.45) is 0.185. The molecule has 0 spiro atoms. The number of rotatable bonds is 5. The Labute approximate surface area is 135 Å². The van der Waals surface area contributed by atoms with E-state index in [4.69, 9.17) is 5.26 Å². The lowest BCUT2D eigenvalue weighted by atomic mass is 9.97. The third-order valence-corrected chi connectivity index (χ3v) is 5.62. The van der Waals surface area contributed by atoms with Crippen molar-refractivity contribution in [1.82, 2.24) is 4.31 Å². The van der Waals surface area contributed by atoms with Crippen molar-refractivity contribution >= 4 is 26.0 Å². The van der Waals surface area contributed by atoms with Gasteiger partial charge in [0.15, 0.2) is 0 Å². The second-order valence-electron chi connectivity index (χ2n) is 6.22. The van der Waals surface area contributed by atoms with Crippen LogP contribution in [0.25, 0.3) is 0 Å². The Hall–Kier alpha value is -0.900. The predicted molar refractivity (Wildman–Crippen MR) is 87.3 cm³/mol. The Morgan fingerprint density at radius 3 is 2.43 bits per heavy atom. The van der Waals surface area contributed by atoms with Crippen molar-refractivity contribution in [2.75, 3.05) is 13.1 Å². The molecule has 0 aromatic heterocycles. The van der Waals surface area contributed by atoms with Crippen molar-refractivity contribution in [1.29, 1.82) is 5.26 Å². The van der Waals surface area contributed by atoms with Gasteiger partial charge in [-0.2, -0.15) is 9.57 Å². The lowest BCUT2D eigenvalue weighted by Crippen LogP contribution is -2.38. The van der Waals surface area contributed by atoms with Crippen LogP contribution in [0.2, 0.25) is 0 Å². The molecule has 116 valence electrons. The van der Waals surface area contributed by atoms with Crippen LogP contribution in [0, 0.1) is 23.7 Å². The maximum atomic E-state index is 12.8. The van der Waals surface area contributed by atoms with E-state index in [0.29, 0.717) is 6.54 Å². The summed E-state index contributed by atoms with van der Waals surface area (Å²) >= 11 is 3.37. The van der Waals surface area contributed by atoms with Crippen LogP contribution in [0.4, 0.5) is 0 Å². The fourth-order valence-corrected chi connectivity index (χ4v) is 3.91. The van der Waals surface area contributed by atoms with E-state index in [1.807, 2.05) is 33.8 Å². The van der Waals surface area contributed by atoms with E-state index >= 15 is 0 Å². The third kappa shape index (κ3) is 5.10. The molecule has 0 heterocycles. The van der Waals surface area contributed by atoms with Gasteiger partial charge in [0.1, 0.15) is 0 Å². The van der Waals surface area contributed by atoms with Gasteiger partial charge in [-0.15, -0.1) is 0 Å². The molecule has 0 aliphatic carbocycles. The minimum absolute atomic E-state index is 0.174. The second-order valence-corrected chi connectivity index (χ2v) is 9.01. The van der Waals surface area contributed by atoms with E-state index in [0.717, 1.165) is 10.0 Å². The molecule has 0 unspecified atom stereocenters. The first kappa shape index (κ1) is 18.1. The smallest absolute Gasteiger partial charge is 0.207 e. The molecule has 0 atom stereocenters. The lowest BCUT2D eigenvalue weighted by Gasteiger charge is -2.28. The number of hydrogen-bond donors (Lipinski definition) is 0. The summed E-state index contributed by atoms with van der Waals surface area (Å²) in [5.74, 6) is 0. The molecule has 0 aliphatic rings. The Balaban J connectivity index is 3.19. The van der Waals surface area contributed by atoms with Crippen molar-refractivity contribution in [3.8, 4) is 6.07 Å². The molecule has 0 bridgehead atoms. The van der Waals surface area contributed by atoms with Crippen LogP contribution in [0.15, 0.2) is 27.6 Å². The van der Waals surface area contributed by atoms with Crippen LogP contribution in [0.3, 0.4) is 0 Å². The van der Waals surface area contributed by atoms with E-state index in [1.54, 1.807) is 18.2 Å². The first-order valence-electron chi connectivity index (χ1n) is 6.71. The quantitative estimate of drug-likeness (QED) is 0.791. The van der Waals surface area contributed by atoms with Gasteiger partial charge < -0.3 is 0 Å². The van der Waals surface area contributed by atoms with Crippen LogP contribution in [0.5, 0.6) is 0 Å². The summed E-state index contributed by atoms with van der Waals surface area (Å²) < 4.78 is 27.8. The van der Waals surface area contributed by atoms with Gasteiger partial charge >= 0.3 is 0 Å². The molecule has 0 saturated carbocycles. The van der Waals surface area contributed by atoms with Crippen molar-refractivity contribution in [2.45, 2.75) is 39.0 Å². The number of nitriles is 1. The molecule has 0 N–H and O–H groups in total. The highest BCUT2D eigenvalue weighted by molar-refractivity contribution is 9.10. The van der Waals surface area contributed by atoms with Gasteiger partial charge in [-0.3, -0.25) is 0 Å². The van der Waals surface area contributed by atoms with Gasteiger partial charge in [-0.1, -0.05) is 36.7 Å². The summed E-state index contributed by atoms with van der Waals surface area (Å²) in [7, 11) is -3.58. The molecular weight excluding hydrogens is 352 g/mol.